The van der Waals surface area contributed by atoms with Crippen LogP contribution in [-0.4, -0.2) is 17.6 Å². The number of aliphatic hydroxyl groups is 1. The Labute approximate surface area is 130 Å². The summed E-state index contributed by atoms with van der Waals surface area (Å²) in [4.78, 5) is 11.8. The van der Waals surface area contributed by atoms with E-state index in [9.17, 15) is 18.0 Å². The van der Waals surface area contributed by atoms with Crippen molar-refractivity contribution in [1.82, 2.24) is 0 Å². The molecular weight excluding hydrogens is 311 g/mol. The molecule has 0 unspecified atom stereocenters. The summed E-state index contributed by atoms with van der Waals surface area (Å²) in [5.74, 6) is -1.00. The van der Waals surface area contributed by atoms with E-state index in [1.54, 1.807) is 24.3 Å². The second kappa shape index (κ2) is 7.15. The number of rotatable bonds is 5. The van der Waals surface area contributed by atoms with Gasteiger partial charge in [-0.15, -0.1) is 0 Å². The fourth-order valence-electron chi connectivity index (χ4n) is 1.91. The van der Waals surface area contributed by atoms with E-state index in [2.05, 4.69) is 5.32 Å². The molecule has 0 saturated carbocycles. The van der Waals surface area contributed by atoms with Crippen molar-refractivity contribution in [3.63, 3.8) is 0 Å². The zero-order valence-electron chi connectivity index (χ0n) is 11.9. The number of alkyl halides is 3. The van der Waals surface area contributed by atoms with Crippen molar-refractivity contribution in [1.29, 1.82) is 0 Å². The second-order valence-electron chi connectivity index (χ2n) is 4.69. The predicted molar refractivity (Wildman–Crippen MR) is 77.9 cm³/mol. The van der Waals surface area contributed by atoms with E-state index < -0.39 is 30.0 Å². The molecule has 0 heterocycles. The minimum Gasteiger partial charge on any atom is -0.483 e. The zero-order chi connectivity index (χ0) is 16.9. The average molecular weight is 325 g/mol. The quantitative estimate of drug-likeness (QED) is 0.887. The van der Waals surface area contributed by atoms with Crippen LogP contribution in [0.2, 0.25) is 0 Å². The van der Waals surface area contributed by atoms with E-state index in [1.807, 2.05) is 0 Å². The molecule has 1 amide bonds. The van der Waals surface area contributed by atoms with E-state index in [1.165, 1.54) is 12.1 Å². The molecule has 0 spiro atoms. The molecule has 0 aliphatic carbocycles. The SMILES string of the molecule is O=C(COc1ccccc1C(F)(F)F)Nc1cccc(CO)c1. The number of carbonyl (C=O) groups is 1. The molecule has 0 aliphatic heterocycles. The maximum atomic E-state index is 12.8. The highest BCUT2D eigenvalue weighted by molar-refractivity contribution is 5.91. The van der Waals surface area contributed by atoms with E-state index in [-0.39, 0.29) is 6.61 Å². The number of ether oxygens (including phenoxy) is 1. The highest BCUT2D eigenvalue weighted by Gasteiger charge is 2.34. The van der Waals surface area contributed by atoms with Gasteiger partial charge in [0.15, 0.2) is 6.61 Å². The molecule has 0 radical (unpaired) electrons. The molecule has 0 bridgehead atoms. The van der Waals surface area contributed by atoms with Gasteiger partial charge in [0.05, 0.1) is 12.2 Å². The maximum absolute atomic E-state index is 12.8. The molecule has 2 aromatic rings. The van der Waals surface area contributed by atoms with Crippen LogP contribution in [0.25, 0.3) is 0 Å². The van der Waals surface area contributed by atoms with Gasteiger partial charge in [0.25, 0.3) is 5.91 Å². The van der Waals surface area contributed by atoms with Crippen LogP contribution in [0.15, 0.2) is 48.5 Å². The summed E-state index contributed by atoms with van der Waals surface area (Å²) >= 11 is 0. The summed E-state index contributed by atoms with van der Waals surface area (Å²) in [6.07, 6.45) is -4.55. The van der Waals surface area contributed by atoms with Crippen LogP contribution < -0.4 is 10.1 Å². The van der Waals surface area contributed by atoms with Gasteiger partial charge in [0, 0.05) is 5.69 Å². The Kier molecular flexibility index (Phi) is 5.23. The Morgan fingerprint density at radius 1 is 1.13 bits per heavy atom. The number of aliphatic hydroxyl groups excluding tert-OH is 1. The molecule has 2 aromatic carbocycles. The van der Waals surface area contributed by atoms with Crippen LogP contribution in [0.4, 0.5) is 18.9 Å². The topological polar surface area (TPSA) is 58.6 Å². The number of halogens is 3. The smallest absolute Gasteiger partial charge is 0.419 e. The number of anilines is 1. The molecule has 2 rings (SSSR count). The summed E-state index contributed by atoms with van der Waals surface area (Å²) in [5, 5.41) is 11.5. The molecule has 0 atom stereocenters. The third kappa shape index (κ3) is 4.72. The van der Waals surface area contributed by atoms with Crippen LogP contribution in [0.3, 0.4) is 0 Å². The fourth-order valence-corrected chi connectivity index (χ4v) is 1.91. The second-order valence-corrected chi connectivity index (χ2v) is 4.69. The molecule has 122 valence electrons. The van der Waals surface area contributed by atoms with Crippen molar-refractivity contribution < 1.29 is 27.8 Å². The van der Waals surface area contributed by atoms with Gasteiger partial charge < -0.3 is 15.2 Å². The lowest BCUT2D eigenvalue weighted by Crippen LogP contribution is -2.21. The molecule has 2 N–H and O–H groups in total. The van der Waals surface area contributed by atoms with Gasteiger partial charge in [0.1, 0.15) is 5.75 Å². The van der Waals surface area contributed by atoms with E-state index >= 15 is 0 Å². The van der Waals surface area contributed by atoms with E-state index in [0.29, 0.717) is 11.3 Å². The number of nitrogens with one attached hydrogen (secondary N) is 1. The standard InChI is InChI=1S/C16H14F3NO3/c17-16(18,19)13-6-1-2-7-14(13)23-10-15(22)20-12-5-3-4-11(8-12)9-21/h1-8,21H,9-10H2,(H,20,22). The van der Waals surface area contributed by atoms with Gasteiger partial charge in [-0.3, -0.25) is 4.79 Å². The van der Waals surface area contributed by atoms with Gasteiger partial charge in [-0.05, 0) is 29.8 Å². The first-order valence-corrected chi connectivity index (χ1v) is 6.69. The molecule has 23 heavy (non-hydrogen) atoms. The van der Waals surface area contributed by atoms with Crippen molar-refractivity contribution in [2.45, 2.75) is 12.8 Å². The summed E-state index contributed by atoms with van der Waals surface area (Å²) < 4.78 is 43.4. The van der Waals surface area contributed by atoms with Gasteiger partial charge in [0.2, 0.25) is 0 Å². The number of hydrogen-bond donors (Lipinski definition) is 2. The number of amides is 1. The summed E-state index contributed by atoms with van der Waals surface area (Å²) in [5.41, 5.74) is 0.0930. The molecule has 0 aromatic heterocycles. The summed E-state index contributed by atoms with van der Waals surface area (Å²) in [7, 11) is 0. The highest BCUT2D eigenvalue weighted by Crippen LogP contribution is 2.35. The van der Waals surface area contributed by atoms with Crippen molar-refractivity contribution in [3.8, 4) is 5.75 Å². The lowest BCUT2D eigenvalue weighted by Gasteiger charge is -2.13. The monoisotopic (exact) mass is 325 g/mol. The van der Waals surface area contributed by atoms with Gasteiger partial charge in [-0.25, -0.2) is 0 Å². The summed E-state index contributed by atoms with van der Waals surface area (Å²) in [6.45, 7) is -0.740. The first-order chi connectivity index (χ1) is 10.9. The third-order valence-electron chi connectivity index (χ3n) is 2.94. The lowest BCUT2D eigenvalue weighted by atomic mass is 10.2. The molecule has 0 saturated heterocycles. The minimum atomic E-state index is -4.55. The van der Waals surface area contributed by atoms with E-state index in [4.69, 9.17) is 9.84 Å². The van der Waals surface area contributed by atoms with Gasteiger partial charge in [-0.2, -0.15) is 13.2 Å². The Balaban J connectivity index is 2.00. The largest absolute Gasteiger partial charge is 0.483 e. The van der Waals surface area contributed by atoms with Crippen molar-refractivity contribution in [2.75, 3.05) is 11.9 Å². The lowest BCUT2D eigenvalue weighted by molar-refractivity contribution is -0.139. The normalized spacial score (nSPS) is 11.1. The molecule has 0 fully saturated rings. The summed E-state index contributed by atoms with van der Waals surface area (Å²) in [6, 6.07) is 11.2. The minimum absolute atomic E-state index is 0.181. The van der Waals surface area contributed by atoms with Crippen LogP contribution in [0.5, 0.6) is 5.75 Å². The van der Waals surface area contributed by atoms with Crippen molar-refractivity contribution in [2.24, 2.45) is 0 Å². The van der Waals surface area contributed by atoms with Crippen molar-refractivity contribution >= 4 is 11.6 Å². The average Bonchev–Trinajstić information content (AvgIpc) is 2.52. The molecule has 7 heteroatoms. The van der Waals surface area contributed by atoms with Crippen LogP contribution in [0.1, 0.15) is 11.1 Å². The molecular formula is C16H14F3NO3. The van der Waals surface area contributed by atoms with Crippen LogP contribution >= 0.6 is 0 Å². The van der Waals surface area contributed by atoms with Crippen LogP contribution in [0, 0.1) is 0 Å². The Hall–Kier alpha value is -2.54. The maximum Gasteiger partial charge on any atom is 0.419 e. The predicted octanol–water partition coefficient (Wildman–Crippen LogP) is 3.22. The number of para-hydroxylation sites is 1. The third-order valence-corrected chi connectivity index (χ3v) is 2.94. The number of hydrogen-bond acceptors (Lipinski definition) is 3. The molecule has 0 aliphatic rings. The van der Waals surface area contributed by atoms with Crippen LogP contribution in [-0.2, 0) is 17.6 Å². The highest BCUT2D eigenvalue weighted by atomic mass is 19.4. The van der Waals surface area contributed by atoms with Gasteiger partial charge >= 0.3 is 6.18 Å². The van der Waals surface area contributed by atoms with Crippen molar-refractivity contribution in [3.05, 3.63) is 59.7 Å². The Morgan fingerprint density at radius 3 is 2.57 bits per heavy atom. The zero-order valence-corrected chi connectivity index (χ0v) is 11.9. The molecule has 4 nitrogen and oxygen atoms in total. The Bertz CT molecular complexity index is 686. The Morgan fingerprint density at radius 2 is 1.87 bits per heavy atom. The van der Waals surface area contributed by atoms with E-state index in [0.717, 1.165) is 12.1 Å². The first kappa shape index (κ1) is 16.8. The fraction of sp³-hybridized carbons (Fsp3) is 0.188. The first-order valence-electron chi connectivity index (χ1n) is 6.69. The number of carbonyl (C=O) groups excluding carboxylic acids is 1. The van der Waals surface area contributed by atoms with Gasteiger partial charge in [-0.1, -0.05) is 24.3 Å². The number of benzene rings is 2.